The smallest absolute Gasteiger partial charge is 0.399 e. The summed E-state index contributed by atoms with van der Waals surface area (Å²) in [6.45, 7) is 8.12. The minimum Gasteiger partial charge on any atom is -0.399 e. The Balaban J connectivity index is 1.76. The summed E-state index contributed by atoms with van der Waals surface area (Å²) in [5.41, 5.74) is 3.09. The molecule has 106 valence electrons. The van der Waals surface area contributed by atoms with Crippen molar-refractivity contribution in [2.24, 2.45) is 0 Å². The summed E-state index contributed by atoms with van der Waals surface area (Å²) in [5, 5.41) is 1.47. The summed E-state index contributed by atoms with van der Waals surface area (Å²) in [7, 11) is -0.396. The molecule has 2 aliphatic rings. The van der Waals surface area contributed by atoms with E-state index in [1.807, 2.05) is 39.8 Å². The Morgan fingerprint density at radius 1 is 1.15 bits per heavy atom. The molecule has 0 saturated carbocycles. The molecule has 0 radical (unpaired) electrons. The van der Waals surface area contributed by atoms with Crippen LogP contribution in [-0.2, 0) is 14.1 Å². The Labute approximate surface area is 118 Å². The third-order valence-corrected chi connectivity index (χ3v) is 3.93. The minimum atomic E-state index is -0.396. The fourth-order valence-electron chi connectivity index (χ4n) is 1.98. The van der Waals surface area contributed by atoms with E-state index in [4.69, 9.17) is 14.1 Å². The molecule has 1 saturated heterocycles. The molecule has 0 amide bonds. The normalized spacial score (nSPS) is 22.8. The van der Waals surface area contributed by atoms with Crippen molar-refractivity contribution in [3.8, 4) is 0 Å². The number of nitrogens with zero attached hydrogens (tertiary/aromatic N) is 2. The first kappa shape index (κ1) is 13.3. The van der Waals surface area contributed by atoms with Gasteiger partial charge in [-0.1, -0.05) is 11.2 Å². The number of aromatic nitrogens is 1. The summed E-state index contributed by atoms with van der Waals surface area (Å²) >= 11 is 0. The number of hydrogen-bond acceptors (Lipinski definition) is 6. The van der Waals surface area contributed by atoms with E-state index in [1.54, 1.807) is 18.7 Å². The van der Waals surface area contributed by atoms with E-state index in [2.05, 4.69) is 10.4 Å². The van der Waals surface area contributed by atoms with Crippen LogP contribution in [0.3, 0.4) is 0 Å². The number of anilines is 1. The standard InChI is InChI=1S/C13H18BN3O3/c1-12(2)13(3,4)20-14(19-12)10-5-6-11(15-9-10)17-16-7-8-18-17/h5-9,16H,1-4H3. The Morgan fingerprint density at radius 2 is 1.85 bits per heavy atom. The number of rotatable bonds is 2. The second kappa shape index (κ2) is 4.39. The molecule has 2 aliphatic heterocycles. The molecule has 1 fully saturated rings. The maximum absolute atomic E-state index is 5.98. The third kappa shape index (κ3) is 2.12. The minimum absolute atomic E-state index is 0.347. The van der Waals surface area contributed by atoms with Crippen LogP contribution in [0.25, 0.3) is 0 Å². The fraction of sp³-hybridized carbons (Fsp3) is 0.462. The van der Waals surface area contributed by atoms with Crippen LogP contribution < -0.4 is 16.1 Å². The van der Waals surface area contributed by atoms with Gasteiger partial charge in [0.1, 0.15) is 6.26 Å². The first-order chi connectivity index (χ1) is 9.39. The molecular weight excluding hydrogens is 257 g/mol. The third-order valence-electron chi connectivity index (χ3n) is 3.93. The molecule has 3 heterocycles. The second-order valence-electron chi connectivity index (χ2n) is 5.87. The van der Waals surface area contributed by atoms with Crippen molar-refractivity contribution in [2.45, 2.75) is 38.9 Å². The summed E-state index contributed by atoms with van der Waals surface area (Å²) in [6.07, 6.45) is 4.97. The van der Waals surface area contributed by atoms with Gasteiger partial charge in [-0.2, -0.15) is 0 Å². The zero-order valence-electron chi connectivity index (χ0n) is 12.1. The average Bonchev–Trinajstić information content (AvgIpc) is 2.97. The Morgan fingerprint density at radius 3 is 2.35 bits per heavy atom. The molecule has 3 rings (SSSR count). The Kier molecular flexibility index (Phi) is 2.91. The van der Waals surface area contributed by atoms with E-state index in [1.165, 1.54) is 5.17 Å². The maximum atomic E-state index is 5.98. The number of nitrogens with one attached hydrogen (secondary N) is 1. The summed E-state index contributed by atoms with van der Waals surface area (Å²) < 4.78 is 12.0. The largest absolute Gasteiger partial charge is 0.496 e. The topological polar surface area (TPSA) is 55.9 Å². The van der Waals surface area contributed by atoms with E-state index in [-0.39, 0.29) is 11.2 Å². The van der Waals surface area contributed by atoms with Crippen molar-refractivity contribution in [1.29, 1.82) is 0 Å². The first-order valence-corrected chi connectivity index (χ1v) is 6.59. The molecule has 0 unspecified atom stereocenters. The number of pyridine rings is 1. The van der Waals surface area contributed by atoms with Crippen LogP contribution >= 0.6 is 0 Å². The highest BCUT2D eigenvalue weighted by Gasteiger charge is 2.51. The van der Waals surface area contributed by atoms with E-state index >= 15 is 0 Å². The van der Waals surface area contributed by atoms with Crippen LogP contribution in [0, 0.1) is 0 Å². The molecule has 7 heteroatoms. The van der Waals surface area contributed by atoms with E-state index < -0.39 is 7.12 Å². The molecule has 0 spiro atoms. The summed E-state index contributed by atoms with van der Waals surface area (Å²) in [4.78, 5) is 9.53. The van der Waals surface area contributed by atoms with Crippen molar-refractivity contribution in [3.63, 3.8) is 0 Å². The van der Waals surface area contributed by atoms with E-state index in [9.17, 15) is 0 Å². The molecule has 0 atom stereocenters. The molecular formula is C13H18BN3O3. The SMILES string of the molecule is CC1(C)OB(c2ccc(N3NC=CO3)nc2)OC1(C)C. The lowest BCUT2D eigenvalue weighted by Crippen LogP contribution is -2.41. The van der Waals surface area contributed by atoms with Crippen molar-refractivity contribution < 1.29 is 14.1 Å². The number of hydrazine groups is 1. The Bertz CT molecular complexity index is 506. The number of hydrogen-bond donors (Lipinski definition) is 1. The van der Waals surface area contributed by atoms with Gasteiger partial charge in [-0.05, 0) is 33.8 Å². The first-order valence-electron chi connectivity index (χ1n) is 6.59. The van der Waals surface area contributed by atoms with Gasteiger partial charge in [0.05, 0.1) is 17.4 Å². The van der Waals surface area contributed by atoms with Crippen molar-refractivity contribution in [2.75, 3.05) is 5.17 Å². The van der Waals surface area contributed by atoms with Crippen LogP contribution in [0.2, 0.25) is 0 Å². The molecule has 20 heavy (non-hydrogen) atoms. The predicted molar refractivity (Wildman–Crippen MR) is 75.8 cm³/mol. The van der Waals surface area contributed by atoms with Crippen LogP contribution in [0.15, 0.2) is 30.8 Å². The van der Waals surface area contributed by atoms with Gasteiger partial charge in [-0.3, -0.25) is 5.43 Å². The van der Waals surface area contributed by atoms with Gasteiger partial charge in [0.2, 0.25) is 0 Å². The molecule has 1 aromatic rings. The van der Waals surface area contributed by atoms with Crippen LogP contribution in [0.4, 0.5) is 5.82 Å². The molecule has 0 bridgehead atoms. The van der Waals surface area contributed by atoms with Crippen molar-refractivity contribution in [1.82, 2.24) is 10.4 Å². The van der Waals surface area contributed by atoms with Gasteiger partial charge in [-0.15, -0.1) is 0 Å². The second-order valence-corrected chi connectivity index (χ2v) is 5.87. The summed E-state index contributed by atoms with van der Waals surface area (Å²) in [6, 6.07) is 3.77. The molecule has 0 aliphatic carbocycles. The predicted octanol–water partition coefficient (Wildman–Crippen LogP) is 1.11. The highest BCUT2D eigenvalue weighted by Crippen LogP contribution is 2.36. The fourth-order valence-corrected chi connectivity index (χ4v) is 1.98. The van der Waals surface area contributed by atoms with Crippen molar-refractivity contribution in [3.05, 3.63) is 30.8 Å². The average molecular weight is 275 g/mol. The highest BCUT2D eigenvalue weighted by atomic mass is 16.7. The molecule has 1 N–H and O–H groups in total. The lowest BCUT2D eigenvalue weighted by Gasteiger charge is -2.32. The van der Waals surface area contributed by atoms with Crippen molar-refractivity contribution >= 4 is 18.4 Å². The molecule has 1 aromatic heterocycles. The maximum Gasteiger partial charge on any atom is 0.496 e. The lowest BCUT2D eigenvalue weighted by molar-refractivity contribution is 0.00578. The van der Waals surface area contributed by atoms with Gasteiger partial charge in [0, 0.05) is 11.7 Å². The van der Waals surface area contributed by atoms with E-state index in [0.29, 0.717) is 5.82 Å². The van der Waals surface area contributed by atoms with Crippen LogP contribution in [0.1, 0.15) is 27.7 Å². The molecule has 6 nitrogen and oxygen atoms in total. The lowest BCUT2D eigenvalue weighted by atomic mass is 9.80. The Hall–Kier alpha value is -1.73. The van der Waals surface area contributed by atoms with Gasteiger partial charge >= 0.3 is 7.12 Å². The van der Waals surface area contributed by atoms with Crippen LogP contribution in [-0.4, -0.2) is 23.3 Å². The summed E-state index contributed by atoms with van der Waals surface area (Å²) in [5.74, 6) is 0.662. The van der Waals surface area contributed by atoms with Gasteiger partial charge in [0.25, 0.3) is 0 Å². The zero-order chi connectivity index (χ0) is 14.4. The van der Waals surface area contributed by atoms with Crippen LogP contribution in [0.5, 0.6) is 0 Å². The van der Waals surface area contributed by atoms with E-state index in [0.717, 1.165) is 5.46 Å². The van der Waals surface area contributed by atoms with Gasteiger partial charge in [0.15, 0.2) is 5.82 Å². The highest BCUT2D eigenvalue weighted by molar-refractivity contribution is 6.62. The molecule has 0 aromatic carbocycles. The zero-order valence-corrected chi connectivity index (χ0v) is 12.1. The quantitative estimate of drug-likeness (QED) is 0.816. The van der Waals surface area contributed by atoms with Gasteiger partial charge in [-0.25, -0.2) is 4.98 Å². The monoisotopic (exact) mass is 275 g/mol. The van der Waals surface area contributed by atoms with Gasteiger partial charge < -0.3 is 14.1 Å².